The van der Waals surface area contributed by atoms with E-state index in [1.165, 1.54) is 4.90 Å². The van der Waals surface area contributed by atoms with Gasteiger partial charge in [0.05, 0.1) is 25.6 Å². The summed E-state index contributed by atoms with van der Waals surface area (Å²) in [5.74, 6) is 1.35. The van der Waals surface area contributed by atoms with Crippen molar-refractivity contribution in [1.29, 1.82) is 0 Å². The van der Waals surface area contributed by atoms with Gasteiger partial charge >= 0.3 is 6.09 Å². The van der Waals surface area contributed by atoms with Crippen LogP contribution in [0.15, 0.2) is 48.5 Å². The van der Waals surface area contributed by atoms with E-state index in [2.05, 4.69) is 0 Å². The van der Waals surface area contributed by atoms with Crippen molar-refractivity contribution in [2.24, 2.45) is 0 Å². The number of amides is 1. The van der Waals surface area contributed by atoms with Crippen LogP contribution in [0, 0.1) is 0 Å². The molecule has 0 aliphatic rings. The van der Waals surface area contributed by atoms with E-state index in [9.17, 15) is 9.90 Å². The molecule has 0 saturated carbocycles. The summed E-state index contributed by atoms with van der Waals surface area (Å²) in [5, 5.41) is 9.40. The summed E-state index contributed by atoms with van der Waals surface area (Å²) < 4.78 is 10.1. The number of hydrogen-bond donors (Lipinski definition) is 1. The number of carboxylic acid groups (broad SMARTS) is 1. The maximum atomic E-state index is 11.5. The highest BCUT2D eigenvalue weighted by Gasteiger charge is 2.16. The fourth-order valence-electron chi connectivity index (χ4n) is 1.83. The second-order valence-electron chi connectivity index (χ2n) is 4.01. The van der Waals surface area contributed by atoms with Crippen molar-refractivity contribution in [3.05, 3.63) is 48.5 Å². The highest BCUT2D eigenvalue weighted by Crippen LogP contribution is 2.28. The molecule has 0 radical (unpaired) electrons. The third-order valence-corrected chi connectivity index (χ3v) is 2.85. The molecule has 0 aliphatic heterocycles. The SMILES string of the molecule is COc1ccc(N(C(=O)O)c2ccc(OC)cc2)cc1. The monoisotopic (exact) mass is 273 g/mol. The smallest absolute Gasteiger partial charge is 0.416 e. The highest BCUT2D eigenvalue weighted by molar-refractivity contribution is 5.94. The quantitative estimate of drug-likeness (QED) is 0.925. The van der Waals surface area contributed by atoms with Gasteiger partial charge in [0.1, 0.15) is 11.5 Å². The average Bonchev–Trinajstić information content (AvgIpc) is 2.48. The number of nitrogens with zero attached hydrogens (tertiary/aromatic N) is 1. The number of ether oxygens (including phenoxy) is 2. The first kappa shape index (κ1) is 13.7. The molecular weight excluding hydrogens is 258 g/mol. The van der Waals surface area contributed by atoms with Gasteiger partial charge in [-0.1, -0.05) is 0 Å². The van der Waals surface area contributed by atoms with E-state index in [-0.39, 0.29) is 0 Å². The molecule has 0 aliphatic carbocycles. The highest BCUT2D eigenvalue weighted by atomic mass is 16.5. The first-order chi connectivity index (χ1) is 9.65. The Morgan fingerprint density at radius 1 is 0.850 bits per heavy atom. The summed E-state index contributed by atoms with van der Waals surface area (Å²) in [6.45, 7) is 0. The van der Waals surface area contributed by atoms with Gasteiger partial charge in [0, 0.05) is 0 Å². The fraction of sp³-hybridized carbons (Fsp3) is 0.133. The average molecular weight is 273 g/mol. The zero-order valence-corrected chi connectivity index (χ0v) is 11.2. The normalized spacial score (nSPS) is 9.90. The topological polar surface area (TPSA) is 59.0 Å². The summed E-state index contributed by atoms with van der Waals surface area (Å²) in [5.41, 5.74) is 1.09. The number of benzene rings is 2. The summed E-state index contributed by atoms with van der Waals surface area (Å²) in [4.78, 5) is 12.7. The zero-order valence-electron chi connectivity index (χ0n) is 11.2. The maximum Gasteiger partial charge on any atom is 0.416 e. The summed E-state index contributed by atoms with van der Waals surface area (Å²) >= 11 is 0. The minimum atomic E-state index is -1.06. The van der Waals surface area contributed by atoms with Crippen molar-refractivity contribution in [3.8, 4) is 11.5 Å². The number of methoxy groups -OCH3 is 2. The second kappa shape index (κ2) is 5.97. The third-order valence-electron chi connectivity index (χ3n) is 2.85. The van der Waals surface area contributed by atoms with Crippen LogP contribution in [-0.2, 0) is 0 Å². The molecule has 5 nitrogen and oxygen atoms in total. The van der Waals surface area contributed by atoms with Gasteiger partial charge in [-0.15, -0.1) is 0 Å². The van der Waals surface area contributed by atoms with E-state index in [1.807, 2.05) is 0 Å². The molecule has 0 heterocycles. The van der Waals surface area contributed by atoms with E-state index < -0.39 is 6.09 Å². The van der Waals surface area contributed by atoms with Gasteiger partial charge in [-0.25, -0.2) is 9.69 Å². The van der Waals surface area contributed by atoms with E-state index in [0.717, 1.165) is 0 Å². The summed E-state index contributed by atoms with van der Waals surface area (Å²) in [7, 11) is 3.13. The van der Waals surface area contributed by atoms with Crippen LogP contribution in [0.3, 0.4) is 0 Å². The number of anilines is 2. The van der Waals surface area contributed by atoms with Crippen LogP contribution >= 0.6 is 0 Å². The molecule has 0 spiro atoms. The van der Waals surface area contributed by atoms with Crippen LogP contribution in [-0.4, -0.2) is 25.4 Å². The Hall–Kier alpha value is -2.69. The minimum absolute atomic E-state index is 0.545. The molecule has 1 amide bonds. The number of rotatable bonds is 4. The van der Waals surface area contributed by atoms with E-state index in [0.29, 0.717) is 22.9 Å². The second-order valence-corrected chi connectivity index (χ2v) is 4.01. The predicted octanol–water partition coefficient (Wildman–Crippen LogP) is 3.52. The number of hydrogen-bond acceptors (Lipinski definition) is 3. The van der Waals surface area contributed by atoms with Gasteiger partial charge in [-0.3, -0.25) is 0 Å². The molecule has 5 heteroatoms. The van der Waals surface area contributed by atoms with Gasteiger partial charge in [0.25, 0.3) is 0 Å². The Morgan fingerprint density at radius 2 is 1.20 bits per heavy atom. The van der Waals surface area contributed by atoms with Crippen LogP contribution in [0.25, 0.3) is 0 Å². The van der Waals surface area contributed by atoms with Crippen molar-refractivity contribution in [2.75, 3.05) is 19.1 Å². The molecule has 20 heavy (non-hydrogen) atoms. The van der Waals surface area contributed by atoms with Crippen LogP contribution < -0.4 is 14.4 Å². The van der Waals surface area contributed by atoms with E-state index in [1.54, 1.807) is 62.8 Å². The lowest BCUT2D eigenvalue weighted by atomic mass is 10.2. The molecule has 0 unspecified atom stereocenters. The molecule has 0 fully saturated rings. The lowest BCUT2D eigenvalue weighted by Crippen LogP contribution is -2.23. The van der Waals surface area contributed by atoms with Gasteiger partial charge in [0.2, 0.25) is 0 Å². The van der Waals surface area contributed by atoms with Gasteiger partial charge in [-0.05, 0) is 48.5 Å². The Balaban J connectivity index is 2.36. The number of carbonyl (C=O) groups is 1. The lowest BCUT2D eigenvalue weighted by Gasteiger charge is -2.19. The summed E-state index contributed by atoms with van der Waals surface area (Å²) in [6.07, 6.45) is -1.06. The first-order valence-corrected chi connectivity index (χ1v) is 5.97. The van der Waals surface area contributed by atoms with Crippen LogP contribution in [0.2, 0.25) is 0 Å². The van der Waals surface area contributed by atoms with Crippen molar-refractivity contribution in [3.63, 3.8) is 0 Å². The molecular formula is C15H15NO4. The maximum absolute atomic E-state index is 11.5. The molecule has 0 bridgehead atoms. The Morgan fingerprint density at radius 3 is 1.45 bits per heavy atom. The summed E-state index contributed by atoms with van der Waals surface area (Å²) in [6, 6.07) is 13.6. The molecule has 2 rings (SSSR count). The van der Waals surface area contributed by atoms with Crippen molar-refractivity contribution in [2.45, 2.75) is 0 Å². The predicted molar refractivity (Wildman–Crippen MR) is 76.2 cm³/mol. The Bertz CT molecular complexity index is 530. The van der Waals surface area contributed by atoms with E-state index in [4.69, 9.17) is 9.47 Å². The van der Waals surface area contributed by atoms with Crippen molar-refractivity contribution >= 4 is 17.5 Å². The molecule has 0 saturated heterocycles. The molecule has 2 aromatic rings. The standard InChI is InChI=1S/C15H15NO4/c1-19-13-7-3-11(4-8-13)16(15(17)18)12-5-9-14(20-2)10-6-12/h3-10H,1-2H3,(H,17,18). The van der Waals surface area contributed by atoms with Crippen LogP contribution in [0.4, 0.5) is 16.2 Å². The lowest BCUT2D eigenvalue weighted by molar-refractivity contribution is 0.205. The van der Waals surface area contributed by atoms with Gasteiger partial charge in [-0.2, -0.15) is 0 Å². The molecule has 2 aromatic carbocycles. The van der Waals surface area contributed by atoms with Crippen molar-refractivity contribution < 1.29 is 19.4 Å². The fourth-order valence-corrected chi connectivity index (χ4v) is 1.83. The minimum Gasteiger partial charge on any atom is -0.497 e. The van der Waals surface area contributed by atoms with Gasteiger partial charge < -0.3 is 14.6 Å². The molecule has 0 aromatic heterocycles. The van der Waals surface area contributed by atoms with Crippen molar-refractivity contribution in [1.82, 2.24) is 0 Å². The first-order valence-electron chi connectivity index (χ1n) is 5.97. The molecule has 1 N–H and O–H groups in total. The van der Waals surface area contributed by atoms with Gasteiger partial charge in [0.15, 0.2) is 0 Å². The molecule has 0 atom stereocenters. The third kappa shape index (κ3) is 2.83. The molecule has 104 valence electrons. The Labute approximate surface area is 117 Å². The Kier molecular flexibility index (Phi) is 4.10. The van der Waals surface area contributed by atoms with E-state index >= 15 is 0 Å². The van der Waals surface area contributed by atoms with Crippen LogP contribution in [0.5, 0.6) is 11.5 Å². The largest absolute Gasteiger partial charge is 0.497 e. The zero-order chi connectivity index (χ0) is 14.5. The van der Waals surface area contributed by atoms with Crippen LogP contribution in [0.1, 0.15) is 0 Å².